The zero-order valence-corrected chi connectivity index (χ0v) is 13.2. The van der Waals surface area contributed by atoms with Crippen molar-refractivity contribution in [3.05, 3.63) is 22.4 Å². The third kappa shape index (κ3) is 4.32. The van der Waals surface area contributed by atoms with E-state index in [2.05, 4.69) is 23.7 Å². The Labute approximate surface area is 125 Å². The van der Waals surface area contributed by atoms with Crippen LogP contribution in [0.3, 0.4) is 0 Å². The summed E-state index contributed by atoms with van der Waals surface area (Å²) in [5, 5.41) is 5.74. The van der Waals surface area contributed by atoms with Crippen LogP contribution in [0.4, 0.5) is 0 Å². The molecule has 1 unspecified atom stereocenters. The Morgan fingerprint density at radius 3 is 2.75 bits per heavy atom. The van der Waals surface area contributed by atoms with E-state index in [1.54, 1.807) is 11.3 Å². The first-order valence-corrected chi connectivity index (χ1v) is 8.47. The molecule has 2 rings (SSSR count). The van der Waals surface area contributed by atoms with Crippen LogP contribution < -0.4 is 5.32 Å². The molecule has 20 heavy (non-hydrogen) atoms. The van der Waals surface area contributed by atoms with E-state index in [-0.39, 0.29) is 12.0 Å². The van der Waals surface area contributed by atoms with Gasteiger partial charge in [-0.25, -0.2) is 0 Å². The summed E-state index contributed by atoms with van der Waals surface area (Å²) in [6.07, 6.45) is 6.78. The minimum absolute atomic E-state index is 0.102. The topological polar surface area (TPSA) is 38.3 Å². The van der Waals surface area contributed by atoms with Crippen molar-refractivity contribution in [2.75, 3.05) is 7.11 Å². The highest BCUT2D eigenvalue weighted by atomic mass is 32.1. The van der Waals surface area contributed by atoms with Gasteiger partial charge in [0, 0.05) is 10.9 Å². The summed E-state index contributed by atoms with van der Waals surface area (Å²) in [6, 6.07) is 4.78. The fourth-order valence-corrected chi connectivity index (χ4v) is 3.79. The minimum Gasteiger partial charge on any atom is -0.469 e. The van der Waals surface area contributed by atoms with E-state index >= 15 is 0 Å². The molecule has 1 aromatic rings. The van der Waals surface area contributed by atoms with E-state index in [4.69, 9.17) is 4.74 Å². The van der Waals surface area contributed by atoms with Gasteiger partial charge in [0.15, 0.2) is 0 Å². The maximum Gasteiger partial charge on any atom is 0.307 e. The van der Waals surface area contributed by atoms with E-state index in [0.29, 0.717) is 12.5 Å². The molecule has 0 bridgehead atoms. The van der Waals surface area contributed by atoms with Crippen molar-refractivity contribution in [3.63, 3.8) is 0 Å². The van der Waals surface area contributed by atoms with Crippen molar-refractivity contribution in [2.24, 2.45) is 5.92 Å². The molecular formula is C16H25NO2S. The molecule has 3 nitrogen and oxygen atoms in total. The predicted octanol–water partition coefficient (Wildman–Crippen LogP) is 3.91. The monoisotopic (exact) mass is 295 g/mol. The molecule has 0 aromatic carbocycles. The second kappa shape index (κ2) is 7.79. The molecule has 1 heterocycles. The zero-order chi connectivity index (χ0) is 14.4. The molecule has 0 spiro atoms. The van der Waals surface area contributed by atoms with Crippen LogP contribution >= 0.6 is 11.3 Å². The van der Waals surface area contributed by atoms with Gasteiger partial charge in [0.1, 0.15) is 0 Å². The van der Waals surface area contributed by atoms with Gasteiger partial charge in [0.2, 0.25) is 0 Å². The summed E-state index contributed by atoms with van der Waals surface area (Å²) >= 11 is 1.71. The number of hydrogen-bond donors (Lipinski definition) is 1. The molecule has 1 aliphatic carbocycles. The smallest absolute Gasteiger partial charge is 0.307 e. The number of carbonyl (C=O) groups excluding carboxylic acids is 1. The molecule has 1 aliphatic rings. The summed E-state index contributed by atoms with van der Waals surface area (Å²) in [5.74, 6) is 0.756. The van der Waals surface area contributed by atoms with Crippen molar-refractivity contribution < 1.29 is 9.53 Å². The standard InChI is InChI=1S/C16H25NO2S/c1-3-12-6-8-13(9-7-12)17-14(11-16(18)19-2)15-5-4-10-20-15/h4-5,10,12-14,17H,3,6-9,11H2,1-2H3. The minimum atomic E-state index is -0.141. The average molecular weight is 295 g/mol. The fourth-order valence-electron chi connectivity index (χ4n) is 3.00. The van der Waals surface area contributed by atoms with Crippen LogP contribution in [0.1, 0.15) is 56.4 Å². The number of methoxy groups -OCH3 is 1. The van der Waals surface area contributed by atoms with Gasteiger partial charge in [0.05, 0.1) is 19.6 Å². The summed E-state index contributed by atoms with van der Waals surface area (Å²) < 4.78 is 4.83. The largest absolute Gasteiger partial charge is 0.469 e. The number of nitrogens with one attached hydrogen (secondary N) is 1. The van der Waals surface area contributed by atoms with Crippen LogP contribution in [-0.4, -0.2) is 19.1 Å². The second-order valence-corrected chi connectivity index (χ2v) is 6.62. The van der Waals surface area contributed by atoms with Gasteiger partial charge < -0.3 is 10.1 Å². The number of carbonyl (C=O) groups is 1. The first-order chi connectivity index (χ1) is 9.72. The molecule has 4 heteroatoms. The molecule has 0 aliphatic heterocycles. The van der Waals surface area contributed by atoms with Crippen LogP contribution in [0.15, 0.2) is 17.5 Å². The molecule has 1 saturated carbocycles. The first kappa shape index (κ1) is 15.5. The molecule has 0 amide bonds. The lowest BCUT2D eigenvalue weighted by molar-refractivity contribution is -0.141. The van der Waals surface area contributed by atoms with Gasteiger partial charge in [-0.3, -0.25) is 4.79 Å². The highest BCUT2D eigenvalue weighted by Gasteiger charge is 2.25. The van der Waals surface area contributed by atoms with Crippen molar-refractivity contribution in [1.29, 1.82) is 0 Å². The third-order valence-corrected chi connectivity index (χ3v) is 5.33. The zero-order valence-electron chi connectivity index (χ0n) is 12.4. The summed E-state index contributed by atoms with van der Waals surface area (Å²) in [4.78, 5) is 12.8. The Hall–Kier alpha value is -0.870. The van der Waals surface area contributed by atoms with Gasteiger partial charge in [-0.1, -0.05) is 19.4 Å². The van der Waals surface area contributed by atoms with Gasteiger partial charge in [-0.05, 0) is 43.0 Å². The van der Waals surface area contributed by atoms with Gasteiger partial charge >= 0.3 is 5.97 Å². The predicted molar refractivity (Wildman–Crippen MR) is 82.9 cm³/mol. The molecule has 1 aromatic heterocycles. The van der Waals surface area contributed by atoms with Crippen LogP contribution in [0.25, 0.3) is 0 Å². The summed E-state index contributed by atoms with van der Waals surface area (Å²) in [7, 11) is 1.46. The quantitative estimate of drug-likeness (QED) is 0.809. The normalized spacial score (nSPS) is 24.3. The molecule has 1 fully saturated rings. The Bertz CT molecular complexity index is 397. The van der Waals surface area contributed by atoms with Gasteiger partial charge in [-0.15, -0.1) is 11.3 Å². The lowest BCUT2D eigenvalue weighted by atomic mass is 9.84. The number of esters is 1. The van der Waals surface area contributed by atoms with Crippen LogP contribution in [-0.2, 0) is 9.53 Å². The maximum atomic E-state index is 11.6. The van der Waals surface area contributed by atoms with E-state index in [1.807, 2.05) is 6.07 Å². The van der Waals surface area contributed by atoms with Crippen molar-refractivity contribution >= 4 is 17.3 Å². The van der Waals surface area contributed by atoms with E-state index in [0.717, 1.165) is 5.92 Å². The second-order valence-electron chi connectivity index (χ2n) is 5.64. The molecule has 1 N–H and O–H groups in total. The summed E-state index contributed by atoms with van der Waals surface area (Å²) in [6.45, 7) is 2.28. The Morgan fingerprint density at radius 2 is 2.20 bits per heavy atom. The van der Waals surface area contributed by atoms with E-state index in [1.165, 1.54) is 44.1 Å². The van der Waals surface area contributed by atoms with Crippen molar-refractivity contribution in [2.45, 2.75) is 57.5 Å². The van der Waals surface area contributed by atoms with Gasteiger partial charge in [-0.2, -0.15) is 0 Å². The molecule has 0 saturated heterocycles. The van der Waals surface area contributed by atoms with Crippen molar-refractivity contribution in [1.82, 2.24) is 5.32 Å². The molecular weight excluding hydrogens is 270 g/mol. The highest BCUT2D eigenvalue weighted by molar-refractivity contribution is 7.10. The molecule has 112 valence electrons. The van der Waals surface area contributed by atoms with Crippen LogP contribution in [0, 0.1) is 5.92 Å². The lowest BCUT2D eigenvalue weighted by Gasteiger charge is -2.31. The highest BCUT2D eigenvalue weighted by Crippen LogP contribution is 2.30. The SMILES string of the molecule is CCC1CCC(NC(CC(=O)OC)c2cccs2)CC1. The lowest BCUT2D eigenvalue weighted by Crippen LogP contribution is -2.36. The Morgan fingerprint density at radius 1 is 1.45 bits per heavy atom. The third-order valence-electron chi connectivity index (χ3n) is 4.35. The first-order valence-electron chi connectivity index (χ1n) is 7.59. The van der Waals surface area contributed by atoms with Gasteiger partial charge in [0.25, 0.3) is 0 Å². The summed E-state index contributed by atoms with van der Waals surface area (Å²) in [5.41, 5.74) is 0. The number of rotatable bonds is 6. The van der Waals surface area contributed by atoms with Crippen molar-refractivity contribution in [3.8, 4) is 0 Å². The van der Waals surface area contributed by atoms with E-state index < -0.39 is 0 Å². The van der Waals surface area contributed by atoms with Crippen LogP contribution in [0.5, 0.6) is 0 Å². The number of hydrogen-bond acceptors (Lipinski definition) is 4. The number of ether oxygens (including phenoxy) is 1. The average Bonchev–Trinajstić information content (AvgIpc) is 3.01. The molecule has 1 atom stereocenters. The molecule has 0 radical (unpaired) electrons. The van der Waals surface area contributed by atoms with Crippen LogP contribution in [0.2, 0.25) is 0 Å². The Kier molecular flexibility index (Phi) is 6.05. The number of thiophene rings is 1. The van der Waals surface area contributed by atoms with E-state index in [9.17, 15) is 4.79 Å². The fraction of sp³-hybridized carbons (Fsp3) is 0.688. The Balaban J connectivity index is 1.92. The maximum absolute atomic E-state index is 11.6.